The molecule has 0 amide bonds. The first-order valence-electron chi connectivity index (χ1n) is 5.14. The summed E-state index contributed by atoms with van der Waals surface area (Å²) in [5, 5.41) is 0. The Morgan fingerprint density at radius 3 is 2.79 bits per heavy atom. The lowest BCUT2D eigenvalue weighted by Crippen LogP contribution is -2.54. The first-order valence-corrected chi connectivity index (χ1v) is 5.14. The van der Waals surface area contributed by atoms with Gasteiger partial charge in [0, 0.05) is 25.7 Å². The molecule has 1 aliphatic rings. The summed E-state index contributed by atoms with van der Waals surface area (Å²) in [7, 11) is 2.08. The average molecular weight is 200 g/mol. The van der Waals surface area contributed by atoms with Crippen LogP contribution in [0, 0.1) is 0 Å². The van der Waals surface area contributed by atoms with Gasteiger partial charge in [-0.1, -0.05) is 0 Å². The van der Waals surface area contributed by atoms with E-state index in [1.165, 1.54) is 0 Å². The fraction of sp³-hybridized carbons (Fsp3) is 0.900. The number of piperazine rings is 1. The Bertz CT molecular complexity index is 185. The van der Waals surface area contributed by atoms with Crippen molar-refractivity contribution in [2.24, 2.45) is 0 Å². The number of ether oxygens (including phenoxy) is 1. The smallest absolute Gasteiger partial charge is 0.293 e. The summed E-state index contributed by atoms with van der Waals surface area (Å²) in [6, 6.07) is 0.916. The van der Waals surface area contributed by atoms with Crippen molar-refractivity contribution in [1.29, 1.82) is 0 Å². The van der Waals surface area contributed by atoms with Crippen molar-refractivity contribution in [2.75, 3.05) is 33.3 Å². The fourth-order valence-corrected chi connectivity index (χ4v) is 1.77. The number of nitrogens with zero attached hydrogens (tertiary/aromatic N) is 2. The lowest BCUT2D eigenvalue weighted by molar-refractivity contribution is -0.131. The molecule has 0 aromatic carbocycles. The predicted octanol–water partition coefficient (Wildman–Crippen LogP) is 0.184. The molecule has 0 unspecified atom stereocenters. The molecule has 0 aromatic heterocycles. The molecule has 0 bridgehead atoms. The Hall–Kier alpha value is -0.610. The van der Waals surface area contributed by atoms with Crippen molar-refractivity contribution in [3.63, 3.8) is 0 Å². The summed E-state index contributed by atoms with van der Waals surface area (Å²) in [6.07, 6.45) is 0. The summed E-state index contributed by atoms with van der Waals surface area (Å²) < 4.78 is 4.82. The van der Waals surface area contributed by atoms with Gasteiger partial charge in [-0.25, -0.2) is 0 Å². The highest BCUT2D eigenvalue weighted by molar-refractivity contribution is 5.36. The molecular formula is C10H20N2O2. The van der Waals surface area contributed by atoms with Crippen molar-refractivity contribution in [1.82, 2.24) is 9.80 Å². The van der Waals surface area contributed by atoms with E-state index in [9.17, 15) is 4.79 Å². The van der Waals surface area contributed by atoms with Crippen LogP contribution >= 0.6 is 0 Å². The van der Waals surface area contributed by atoms with Crippen LogP contribution in [-0.2, 0) is 9.53 Å². The van der Waals surface area contributed by atoms with E-state index in [1.807, 2.05) is 0 Å². The maximum atomic E-state index is 10.1. The Kier molecular flexibility index (Phi) is 4.35. The highest BCUT2D eigenvalue weighted by Gasteiger charge is 2.25. The predicted molar refractivity (Wildman–Crippen MR) is 55.1 cm³/mol. The van der Waals surface area contributed by atoms with E-state index in [0.29, 0.717) is 25.2 Å². The number of hydrogen-bond acceptors (Lipinski definition) is 4. The molecule has 0 spiro atoms. The molecule has 14 heavy (non-hydrogen) atoms. The Morgan fingerprint density at radius 1 is 1.50 bits per heavy atom. The Balaban J connectivity index is 2.42. The molecule has 0 aliphatic carbocycles. The second-order valence-corrected chi connectivity index (χ2v) is 4.15. The summed E-state index contributed by atoms with van der Waals surface area (Å²) in [4.78, 5) is 14.8. The molecule has 4 heteroatoms. The van der Waals surface area contributed by atoms with E-state index >= 15 is 0 Å². The van der Waals surface area contributed by atoms with E-state index in [1.54, 1.807) is 0 Å². The van der Waals surface area contributed by atoms with Crippen molar-refractivity contribution in [2.45, 2.75) is 25.9 Å². The van der Waals surface area contributed by atoms with Gasteiger partial charge in [0.05, 0.1) is 6.04 Å². The molecule has 1 aliphatic heterocycles. The number of carbonyl (C=O) groups is 1. The van der Waals surface area contributed by atoms with Crippen LogP contribution in [0.5, 0.6) is 0 Å². The van der Waals surface area contributed by atoms with Crippen LogP contribution in [0.3, 0.4) is 0 Å². The molecular weight excluding hydrogens is 180 g/mol. The highest BCUT2D eigenvalue weighted by atomic mass is 16.5. The third-order valence-corrected chi connectivity index (χ3v) is 2.90. The molecule has 1 atom stereocenters. The maximum Gasteiger partial charge on any atom is 0.293 e. The topological polar surface area (TPSA) is 32.8 Å². The molecule has 0 saturated carbocycles. The van der Waals surface area contributed by atoms with Gasteiger partial charge in [0.15, 0.2) is 0 Å². The van der Waals surface area contributed by atoms with E-state index in [2.05, 4.69) is 30.7 Å². The van der Waals surface area contributed by atoms with E-state index in [-0.39, 0.29) is 0 Å². The van der Waals surface area contributed by atoms with Crippen molar-refractivity contribution in [3.05, 3.63) is 0 Å². The Labute approximate surface area is 85.8 Å². The van der Waals surface area contributed by atoms with Gasteiger partial charge in [0.1, 0.15) is 6.61 Å². The first kappa shape index (κ1) is 11.5. The Morgan fingerprint density at radius 2 is 2.21 bits per heavy atom. The molecule has 0 radical (unpaired) electrons. The van der Waals surface area contributed by atoms with Crippen LogP contribution in [0.25, 0.3) is 0 Å². The highest BCUT2D eigenvalue weighted by Crippen LogP contribution is 2.10. The van der Waals surface area contributed by atoms with Gasteiger partial charge in [-0.05, 0) is 20.9 Å². The molecule has 1 rings (SSSR count). The zero-order valence-electron chi connectivity index (χ0n) is 9.27. The zero-order chi connectivity index (χ0) is 10.6. The van der Waals surface area contributed by atoms with E-state index in [0.717, 1.165) is 19.6 Å². The summed E-state index contributed by atoms with van der Waals surface area (Å²) in [5.41, 5.74) is 0. The van der Waals surface area contributed by atoms with Gasteiger partial charge >= 0.3 is 0 Å². The molecule has 1 heterocycles. The maximum absolute atomic E-state index is 10.1. The normalized spacial score (nSPS) is 25.3. The van der Waals surface area contributed by atoms with Gasteiger partial charge in [-0.3, -0.25) is 14.6 Å². The summed E-state index contributed by atoms with van der Waals surface area (Å²) in [5.74, 6) is 0. The second-order valence-electron chi connectivity index (χ2n) is 4.15. The van der Waals surface area contributed by atoms with Gasteiger partial charge in [-0.15, -0.1) is 0 Å². The van der Waals surface area contributed by atoms with E-state index in [4.69, 9.17) is 4.74 Å². The molecule has 1 fully saturated rings. The quantitative estimate of drug-likeness (QED) is 0.606. The minimum absolute atomic E-state index is 0.344. The van der Waals surface area contributed by atoms with Crippen LogP contribution < -0.4 is 0 Å². The van der Waals surface area contributed by atoms with Gasteiger partial charge in [-0.2, -0.15) is 0 Å². The summed E-state index contributed by atoms with van der Waals surface area (Å²) >= 11 is 0. The number of hydrogen-bond donors (Lipinski definition) is 0. The third-order valence-electron chi connectivity index (χ3n) is 2.90. The molecule has 0 aromatic rings. The van der Waals surface area contributed by atoms with Crippen LogP contribution in [0.15, 0.2) is 0 Å². The number of likely N-dealkylation sites (N-methyl/N-ethyl adjacent to an activating group) is 1. The molecule has 1 saturated heterocycles. The SMILES string of the molecule is CC(C)N1CCN(C)[C@@H](COC=O)C1. The van der Waals surface area contributed by atoms with Crippen LogP contribution in [0.4, 0.5) is 0 Å². The summed E-state index contributed by atoms with van der Waals surface area (Å²) in [6.45, 7) is 8.57. The van der Waals surface area contributed by atoms with Gasteiger partial charge in [0.2, 0.25) is 0 Å². The zero-order valence-corrected chi connectivity index (χ0v) is 9.27. The minimum Gasteiger partial charge on any atom is -0.466 e. The molecule has 82 valence electrons. The van der Waals surface area contributed by atoms with Crippen molar-refractivity contribution in [3.8, 4) is 0 Å². The molecule has 0 N–H and O–H groups in total. The fourth-order valence-electron chi connectivity index (χ4n) is 1.77. The monoisotopic (exact) mass is 200 g/mol. The van der Waals surface area contributed by atoms with Crippen LogP contribution in [0.1, 0.15) is 13.8 Å². The van der Waals surface area contributed by atoms with Crippen molar-refractivity contribution >= 4 is 6.47 Å². The first-order chi connectivity index (χ1) is 6.65. The van der Waals surface area contributed by atoms with Crippen LogP contribution in [-0.4, -0.2) is 61.6 Å². The minimum atomic E-state index is 0.344. The lowest BCUT2D eigenvalue weighted by atomic mass is 10.1. The van der Waals surface area contributed by atoms with Crippen LogP contribution in [0.2, 0.25) is 0 Å². The number of carbonyl (C=O) groups excluding carboxylic acids is 1. The number of rotatable bonds is 4. The standard InChI is InChI=1S/C10H20N2O2/c1-9(2)12-5-4-11(3)10(6-12)7-14-8-13/h8-10H,4-7H2,1-3H3/t10-/m1/s1. The van der Waals surface area contributed by atoms with Crippen molar-refractivity contribution < 1.29 is 9.53 Å². The third kappa shape index (κ3) is 2.96. The van der Waals surface area contributed by atoms with E-state index < -0.39 is 0 Å². The molecule has 4 nitrogen and oxygen atoms in total. The lowest BCUT2D eigenvalue weighted by Gasteiger charge is -2.40. The van der Waals surface area contributed by atoms with Gasteiger partial charge in [0.25, 0.3) is 6.47 Å². The van der Waals surface area contributed by atoms with Gasteiger partial charge < -0.3 is 4.74 Å². The largest absolute Gasteiger partial charge is 0.466 e. The second kappa shape index (κ2) is 5.32. The average Bonchev–Trinajstić information content (AvgIpc) is 2.16.